The van der Waals surface area contributed by atoms with E-state index >= 15 is 0 Å². The number of halogens is 1. The molecule has 1 heterocycles. The number of carbonyl (C=O) groups is 2. The summed E-state index contributed by atoms with van der Waals surface area (Å²) < 4.78 is 13.7. The van der Waals surface area contributed by atoms with Crippen molar-refractivity contribution < 1.29 is 19.1 Å². The standard InChI is InChI=1S/C26H29FN2O3/c27-21-9-3-8-20(16-21)19-7-1-4-17(14-19)15-23-22(28-25(31)26(32)11-12-26)10-13-29(23)24(30)18-5-2-6-18/h1,3-4,7-9,14,16,18,22-23,32H,2,5-6,10-13,15H2,(H,28,31)/t22-,23-/m1/s1. The summed E-state index contributed by atoms with van der Waals surface area (Å²) in [5.41, 5.74) is 1.54. The van der Waals surface area contributed by atoms with Crippen LogP contribution in [-0.4, -0.2) is 46.1 Å². The van der Waals surface area contributed by atoms with Gasteiger partial charge in [-0.05, 0) is 67.3 Å². The van der Waals surface area contributed by atoms with Crippen molar-refractivity contribution in [2.45, 2.75) is 62.6 Å². The largest absolute Gasteiger partial charge is 0.380 e. The van der Waals surface area contributed by atoms with Crippen LogP contribution in [0, 0.1) is 11.7 Å². The molecule has 2 aromatic rings. The van der Waals surface area contributed by atoms with E-state index in [0.717, 1.165) is 36.0 Å². The number of amides is 2. The zero-order valence-electron chi connectivity index (χ0n) is 18.1. The molecule has 1 saturated heterocycles. The molecule has 2 aromatic carbocycles. The Bertz CT molecular complexity index is 1030. The first-order valence-corrected chi connectivity index (χ1v) is 11.6. The molecule has 2 atom stereocenters. The lowest BCUT2D eigenvalue weighted by Crippen LogP contribution is -2.52. The third-order valence-corrected chi connectivity index (χ3v) is 7.28. The van der Waals surface area contributed by atoms with Crippen LogP contribution in [0.25, 0.3) is 11.1 Å². The Morgan fingerprint density at radius 2 is 1.78 bits per heavy atom. The highest BCUT2D eigenvalue weighted by Gasteiger charge is 2.50. The lowest BCUT2D eigenvalue weighted by atomic mass is 9.84. The minimum atomic E-state index is -1.23. The molecule has 5 rings (SSSR count). The van der Waals surface area contributed by atoms with Crippen LogP contribution >= 0.6 is 0 Å². The van der Waals surface area contributed by atoms with Crippen LogP contribution in [0.5, 0.6) is 0 Å². The van der Waals surface area contributed by atoms with Gasteiger partial charge in [0.1, 0.15) is 11.4 Å². The number of hydrogen-bond donors (Lipinski definition) is 2. The number of aliphatic hydroxyl groups is 1. The minimum absolute atomic E-state index is 0.0956. The fourth-order valence-corrected chi connectivity index (χ4v) is 4.87. The lowest BCUT2D eigenvalue weighted by Gasteiger charge is -2.34. The predicted octanol–water partition coefficient (Wildman–Crippen LogP) is 3.45. The molecule has 1 aliphatic heterocycles. The van der Waals surface area contributed by atoms with Crippen molar-refractivity contribution in [2.75, 3.05) is 6.54 Å². The van der Waals surface area contributed by atoms with Crippen molar-refractivity contribution >= 4 is 11.8 Å². The highest BCUT2D eigenvalue weighted by Crippen LogP contribution is 2.37. The summed E-state index contributed by atoms with van der Waals surface area (Å²) >= 11 is 0. The van der Waals surface area contributed by atoms with E-state index in [1.807, 2.05) is 35.2 Å². The Morgan fingerprint density at radius 3 is 2.44 bits per heavy atom. The molecular formula is C26H29FN2O3. The van der Waals surface area contributed by atoms with Crippen LogP contribution in [0.4, 0.5) is 4.39 Å². The Morgan fingerprint density at radius 1 is 1.06 bits per heavy atom. The number of nitrogens with zero attached hydrogens (tertiary/aromatic N) is 1. The van der Waals surface area contributed by atoms with Gasteiger partial charge in [0.25, 0.3) is 5.91 Å². The molecule has 32 heavy (non-hydrogen) atoms. The van der Waals surface area contributed by atoms with Gasteiger partial charge in [-0.3, -0.25) is 9.59 Å². The van der Waals surface area contributed by atoms with Crippen molar-refractivity contribution in [3.8, 4) is 11.1 Å². The number of benzene rings is 2. The van der Waals surface area contributed by atoms with E-state index in [9.17, 15) is 19.1 Å². The van der Waals surface area contributed by atoms with E-state index < -0.39 is 5.60 Å². The Kier molecular flexibility index (Phi) is 5.49. The van der Waals surface area contributed by atoms with Gasteiger partial charge in [0.2, 0.25) is 5.91 Å². The molecule has 0 bridgehead atoms. The molecule has 3 fully saturated rings. The van der Waals surface area contributed by atoms with E-state index in [1.54, 1.807) is 6.07 Å². The van der Waals surface area contributed by atoms with Crippen LogP contribution in [0.2, 0.25) is 0 Å². The molecule has 2 amide bonds. The molecule has 0 unspecified atom stereocenters. The van der Waals surface area contributed by atoms with Gasteiger partial charge in [0.15, 0.2) is 0 Å². The quantitative estimate of drug-likeness (QED) is 0.729. The summed E-state index contributed by atoms with van der Waals surface area (Å²) in [7, 11) is 0. The summed E-state index contributed by atoms with van der Waals surface area (Å²) in [5.74, 6) is -0.316. The first-order valence-electron chi connectivity index (χ1n) is 11.6. The fraction of sp³-hybridized carbons (Fsp3) is 0.462. The second kappa shape index (κ2) is 8.32. The van der Waals surface area contributed by atoms with E-state index in [-0.39, 0.29) is 35.6 Å². The second-order valence-electron chi connectivity index (χ2n) is 9.54. The third kappa shape index (κ3) is 4.16. The molecule has 168 valence electrons. The fourth-order valence-electron chi connectivity index (χ4n) is 4.87. The summed E-state index contributed by atoms with van der Waals surface area (Å²) in [6, 6.07) is 14.1. The van der Waals surface area contributed by atoms with Crippen molar-refractivity contribution in [1.82, 2.24) is 10.2 Å². The van der Waals surface area contributed by atoms with E-state index in [0.29, 0.717) is 32.2 Å². The smallest absolute Gasteiger partial charge is 0.252 e. The molecule has 2 N–H and O–H groups in total. The maximum absolute atomic E-state index is 13.7. The Labute approximate surface area is 187 Å². The van der Waals surface area contributed by atoms with Gasteiger partial charge in [0, 0.05) is 12.5 Å². The molecular weight excluding hydrogens is 407 g/mol. The molecule has 5 nitrogen and oxygen atoms in total. The molecule has 0 spiro atoms. The van der Waals surface area contributed by atoms with Crippen molar-refractivity contribution in [2.24, 2.45) is 5.92 Å². The average molecular weight is 437 g/mol. The molecule has 2 saturated carbocycles. The van der Waals surface area contributed by atoms with Gasteiger partial charge in [-0.25, -0.2) is 4.39 Å². The summed E-state index contributed by atoms with van der Waals surface area (Å²) in [4.78, 5) is 27.6. The van der Waals surface area contributed by atoms with Crippen LogP contribution < -0.4 is 5.32 Å². The monoisotopic (exact) mass is 436 g/mol. The zero-order valence-corrected chi connectivity index (χ0v) is 18.1. The highest BCUT2D eigenvalue weighted by atomic mass is 19.1. The van der Waals surface area contributed by atoms with Gasteiger partial charge in [0.05, 0.1) is 12.1 Å². The number of carbonyl (C=O) groups excluding carboxylic acids is 2. The molecule has 6 heteroatoms. The van der Waals surface area contributed by atoms with Gasteiger partial charge < -0.3 is 15.3 Å². The SMILES string of the molecule is O=C(C1CCC1)N1CC[C@@H](NC(=O)C2(O)CC2)[C@H]1Cc1cccc(-c2cccc(F)c2)c1. The van der Waals surface area contributed by atoms with Crippen molar-refractivity contribution in [3.63, 3.8) is 0 Å². The average Bonchev–Trinajstić information content (AvgIpc) is 3.38. The topological polar surface area (TPSA) is 69.6 Å². The Hall–Kier alpha value is -2.73. The molecule has 0 radical (unpaired) electrons. The van der Waals surface area contributed by atoms with Gasteiger partial charge in [-0.1, -0.05) is 42.8 Å². The minimum Gasteiger partial charge on any atom is -0.380 e. The molecule has 0 aromatic heterocycles. The second-order valence-corrected chi connectivity index (χ2v) is 9.54. The van der Waals surface area contributed by atoms with Crippen LogP contribution in [-0.2, 0) is 16.0 Å². The maximum atomic E-state index is 13.7. The summed E-state index contributed by atoms with van der Waals surface area (Å²) in [6.45, 7) is 0.618. The van der Waals surface area contributed by atoms with Crippen molar-refractivity contribution in [3.05, 3.63) is 59.9 Å². The summed E-state index contributed by atoms with van der Waals surface area (Å²) in [5, 5.41) is 13.2. The number of likely N-dealkylation sites (tertiary alicyclic amines) is 1. The van der Waals surface area contributed by atoms with E-state index in [1.165, 1.54) is 12.1 Å². The number of rotatable bonds is 6. The first kappa shape index (κ1) is 21.1. The summed E-state index contributed by atoms with van der Waals surface area (Å²) in [6.07, 6.45) is 5.26. The predicted molar refractivity (Wildman–Crippen MR) is 119 cm³/mol. The molecule has 3 aliphatic rings. The number of nitrogens with one attached hydrogen (secondary N) is 1. The molecule has 2 aliphatic carbocycles. The van der Waals surface area contributed by atoms with Gasteiger partial charge in [-0.2, -0.15) is 0 Å². The van der Waals surface area contributed by atoms with Crippen LogP contribution in [0.15, 0.2) is 48.5 Å². The number of hydrogen-bond acceptors (Lipinski definition) is 3. The van der Waals surface area contributed by atoms with E-state index in [4.69, 9.17) is 0 Å². The van der Waals surface area contributed by atoms with Gasteiger partial charge >= 0.3 is 0 Å². The van der Waals surface area contributed by atoms with Crippen LogP contribution in [0.1, 0.15) is 44.1 Å². The van der Waals surface area contributed by atoms with Gasteiger partial charge in [-0.15, -0.1) is 0 Å². The zero-order chi connectivity index (χ0) is 22.3. The van der Waals surface area contributed by atoms with E-state index in [2.05, 4.69) is 5.32 Å². The third-order valence-electron chi connectivity index (χ3n) is 7.28. The Balaban J connectivity index is 1.38. The highest BCUT2D eigenvalue weighted by molar-refractivity contribution is 5.88. The van der Waals surface area contributed by atoms with Crippen LogP contribution in [0.3, 0.4) is 0 Å². The normalized spacial score (nSPS) is 24.1. The lowest BCUT2D eigenvalue weighted by molar-refractivity contribution is -0.140. The first-order chi connectivity index (χ1) is 15.4. The maximum Gasteiger partial charge on any atom is 0.252 e. The van der Waals surface area contributed by atoms with Crippen molar-refractivity contribution in [1.29, 1.82) is 0 Å².